The highest BCUT2D eigenvalue weighted by molar-refractivity contribution is 7.92. The number of nitrogens with zero attached hydrogens (tertiary/aromatic N) is 2. The molecule has 36 heavy (non-hydrogen) atoms. The molecule has 0 saturated carbocycles. The Morgan fingerprint density at radius 3 is 1.92 bits per heavy atom. The van der Waals surface area contributed by atoms with Crippen LogP contribution in [0.3, 0.4) is 0 Å². The van der Waals surface area contributed by atoms with Gasteiger partial charge in [-0.3, -0.25) is 13.9 Å². The highest BCUT2D eigenvalue weighted by atomic mass is 32.2. The van der Waals surface area contributed by atoms with E-state index in [0.29, 0.717) is 5.69 Å². The molecule has 0 spiro atoms. The number of carbonyl (C=O) groups excluding carboxylic acids is 2. The van der Waals surface area contributed by atoms with Crippen molar-refractivity contribution in [2.45, 2.75) is 50.7 Å². The second kappa shape index (κ2) is 12.4. The first-order valence-corrected chi connectivity index (χ1v) is 13.4. The fourth-order valence-corrected chi connectivity index (χ4v) is 5.11. The molecule has 0 radical (unpaired) electrons. The Hall–Kier alpha value is -3.65. The average molecular weight is 508 g/mol. The molecule has 0 saturated heterocycles. The lowest BCUT2D eigenvalue weighted by molar-refractivity contribution is -0.139. The molecule has 0 aliphatic rings. The van der Waals surface area contributed by atoms with Gasteiger partial charge in [-0.1, -0.05) is 73.7 Å². The average Bonchev–Trinajstić information content (AvgIpc) is 2.91. The molecule has 0 aliphatic heterocycles. The SMILES string of the molecule is CC[C@H](C)NC(=O)[C@H](C)N(Cc1ccccc1)C(=O)CN(c1ccccc1)S(=O)(=O)c1ccccc1. The number of benzene rings is 3. The van der Waals surface area contributed by atoms with Gasteiger partial charge in [-0.2, -0.15) is 0 Å². The lowest BCUT2D eigenvalue weighted by Gasteiger charge is -2.32. The van der Waals surface area contributed by atoms with E-state index >= 15 is 0 Å². The van der Waals surface area contributed by atoms with Crippen molar-refractivity contribution in [1.29, 1.82) is 0 Å². The normalized spacial score (nSPS) is 12.9. The molecule has 0 aromatic heterocycles. The predicted molar refractivity (Wildman–Crippen MR) is 142 cm³/mol. The van der Waals surface area contributed by atoms with Crippen molar-refractivity contribution < 1.29 is 18.0 Å². The largest absolute Gasteiger partial charge is 0.352 e. The second-order valence-electron chi connectivity index (χ2n) is 8.66. The highest BCUT2D eigenvalue weighted by Gasteiger charge is 2.32. The van der Waals surface area contributed by atoms with Crippen LogP contribution < -0.4 is 9.62 Å². The van der Waals surface area contributed by atoms with Gasteiger partial charge >= 0.3 is 0 Å². The van der Waals surface area contributed by atoms with E-state index in [1.54, 1.807) is 55.5 Å². The standard InChI is InChI=1S/C28H33N3O4S/c1-4-22(2)29-28(33)23(3)30(20-24-14-8-5-9-15-24)27(32)21-31(25-16-10-6-11-17-25)36(34,35)26-18-12-7-13-19-26/h5-19,22-23H,4,20-21H2,1-3H3,(H,29,33)/t22-,23-/m0/s1. The first kappa shape index (κ1) is 26.9. The lowest BCUT2D eigenvalue weighted by Crippen LogP contribution is -2.52. The van der Waals surface area contributed by atoms with Crippen LogP contribution in [0.25, 0.3) is 0 Å². The van der Waals surface area contributed by atoms with E-state index in [9.17, 15) is 18.0 Å². The predicted octanol–water partition coefficient (Wildman–Crippen LogP) is 4.21. The van der Waals surface area contributed by atoms with Gasteiger partial charge < -0.3 is 10.2 Å². The Labute approximate surface area is 213 Å². The van der Waals surface area contributed by atoms with Crippen molar-refractivity contribution in [2.24, 2.45) is 0 Å². The van der Waals surface area contributed by atoms with E-state index in [0.717, 1.165) is 16.3 Å². The molecule has 7 nitrogen and oxygen atoms in total. The number of sulfonamides is 1. The van der Waals surface area contributed by atoms with Crippen molar-refractivity contribution in [2.75, 3.05) is 10.8 Å². The zero-order valence-corrected chi connectivity index (χ0v) is 21.7. The molecule has 2 atom stereocenters. The summed E-state index contributed by atoms with van der Waals surface area (Å²) in [6, 6.07) is 25.0. The maximum atomic E-state index is 13.8. The van der Waals surface area contributed by atoms with Crippen molar-refractivity contribution in [1.82, 2.24) is 10.2 Å². The van der Waals surface area contributed by atoms with Crippen LogP contribution >= 0.6 is 0 Å². The van der Waals surface area contributed by atoms with Gasteiger partial charge in [0.15, 0.2) is 0 Å². The third-order valence-electron chi connectivity index (χ3n) is 6.02. The number of hydrogen-bond acceptors (Lipinski definition) is 4. The summed E-state index contributed by atoms with van der Waals surface area (Å²) in [5.74, 6) is -0.764. The van der Waals surface area contributed by atoms with E-state index in [4.69, 9.17) is 0 Å². The van der Waals surface area contributed by atoms with Crippen LogP contribution in [0.5, 0.6) is 0 Å². The second-order valence-corrected chi connectivity index (χ2v) is 10.5. The van der Waals surface area contributed by atoms with Crippen LogP contribution in [-0.4, -0.2) is 43.8 Å². The van der Waals surface area contributed by atoms with Gasteiger partial charge in [0.2, 0.25) is 11.8 Å². The molecule has 1 N–H and O–H groups in total. The molecule has 0 unspecified atom stereocenters. The van der Waals surface area contributed by atoms with Gasteiger partial charge in [0.05, 0.1) is 10.6 Å². The molecule has 0 fully saturated rings. The van der Waals surface area contributed by atoms with Crippen LogP contribution in [0.4, 0.5) is 5.69 Å². The van der Waals surface area contributed by atoms with E-state index in [-0.39, 0.29) is 23.4 Å². The number of nitrogens with one attached hydrogen (secondary N) is 1. The van der Waals surface area contributed by atoms with Crippen LogP contribution in [0.15, 0.2) is 95.9 Å². The molecule has 190 valence electrons. The Morgan fingerprint density at radius 1 is 0.833 bits per heavy atom. The molecule has 3 aromatic carbocycles. The third kappa shape index (κ3) is 6.73. The zero-order chi connectivity index (χ0) is 26.1. The van der Waals surface area contributed by atoms with Crippen LogP contribution in [0, 0.1) is 0 Å². The first-order valence-electron chi connectivity index (χ1n) is 12.0. The lowest BCUT2D eigenvalue weighted by atomic mass is 10.1. The smallest absolute Gasteiger partial charge is 0.264 e. The van der Waals surface area contributed by atoms with Crippen molar-refractivity contribution in [3.63, 3.8) is 0 Å². The summed E-state index contributed by atoms with van der Waals surface area (Å²) < 4.78 is 28.3. The van der Waals surface area contributed by atoms with E-state index in [2.05, 4.69) is 5.32 Å². The minimum Gasteiger partial charge on any atom is -0.352 e. The van der Waals surface area contributed by atoms with Gasteiger partial charge in [0.25, 0.3) is 10.0 Å². The zero-order valence-electron chi connectivity index (χ0n) is 20.9. The van der Waals surface area contributed by atoms with Gasteiger partial charge in [-0.25, -0.2) is 8.42 Å². The van der Waals surface area contributed by atoms with Crippen LogP contribution in [0.1, 0.15) is 32.8 Å². The van der Waals surface area contributed by atoms with E-state index < -0.39 is 28.5 Å². The molecule has 0 heterocycles. The Morgan fingerprint density at radius 2 is 1.36 bits per heavy atom. The summed E-state index contributed by atoms with van der Waals surface area (Å²) in [5.41, 5.74) is 1.21. The molecule has 2 amide bonds. The molecular weight excluding hydrogens is 474 g/mol. The summed E-state index contributed by atoms with van der Waals surface area (Å²) in [4.78, 5) is 28.3. The number of hydrogen-bond donors (Lipinski definition) is 1. The molecule has 0 aliphatic carbocycles. The summed E-state index contributed by atoms with van der Waals surface area (Å²) >= 11 is 0. The number of amides is 2. The minimum absolute atomic E-state index is 0.0482. The number of para-hydroxylation sites is 1. The maximum absolute atomic E-state index is 13.8. The highest BCUT2D eigenvalue weighted by Crippen LogP contribution is 2.24. The summed E-state index contributed by atoms with van der Waals surface area (Å²) in [6.07, 6.45) is 0.752. The summed E-state index contributed by atoms with van der Waals surface area (Å²) in [6.45, 7) is 5.25. The topological polar surface area (TPSA) is 86.8 Å². The molecule has 3 rings (SSSR count). The molecular formula is C28H33N3O4S. The number of carbonyl (C=O) groups is 2. The maximum Gasteiger partial charge on any atom is 0.264 e. The van der Waals surface area contributed by atoms with E-state index in [1.165, 1.54) is 17.0 Å². The van der Waals surface area contributed by atoms with Crippen LogP contribution in [-0.2, 0) is 26.2 Å². The third-order valence-corrected chi connectivity index (χ3v) is 7.81. The Bertz CT molecular complexity index is 1240. The monoisotopic (exact) mass is 507 g/mol. The fraction of sp³-hybridized carbons (Fsp3) is 0.286. The fourth-order valence-electron chi connectivity index (χ4n) is 3.67. The number of anilines is 1. The van der Waals surface area contributed by atoms with Crippen molar-refractivity contribution >= 4 is 27.5 Å². The quantitative estimate of drug-likeness (QED) is 0.421. The van der Waals surface area contributed by atoms with E-state index in [1.807, 2.05) is 44.2 Å². The minimum atomic E-state index is -4.04. The molecule has 8 heteroatoms. The van der Waals surface area contributed by atoms with Crippen molar-refractivity contribution in [3.05, 3.63) is 96.6 Å². The molecule has 0 bridgehead atoms. The Balaban J connectivity index is 1.97. The van der Waals surface area contributed by atoms with Crippen LogP contribution in [0.2, 0.25) is 0 Å². The van der Waals surface area contributed by atoms with Gasteiger partial charge in [0.1, 0.15) is 12.6 Å². The molecule has 3 aromatic rings. The van der Waals surface area contributed by atoms with Gasteiger partial charge in [-0.05, 0) is 50.1 Å². The Kier molecular flexibility index (Phi) is 9.25. The summed E-state index contributed by atoms with van der Waals surface area (Å²) in [5, 5.41) is 2.93. The first-order chi connectivity index (χ1) is 17.2. The summed E-state index contributed by atoms with van der Waals surface area (Å²) in [7, 11) is -4.04. The van der Waals surface area contributed by atoms with Gasteiger partial charge in [0, 0.05) is 12.6 Å². The van der Waals surface area contributed by atoms with Crippen molar-refractivity contribution in [3.8, 4) is 0 Å². The number of rotatable bonds is 11. The van der Waals surface area contributed by atoms with Gasteiger partial charge in [-0.15, -0.1) is 0 Å².